The highest BCUT2D eigenvalue weighted by molar-refractivity contribution is 5.94. The molecule has 0 fully saturated rings. The van der Waals surface area contributed by atoms with E-state index in [0.29, 0.717) is 6.04 Å². The number of nitrogens with zero attached hydrogens (tertiary/aromatic N) is 1. The first-order chi connectivity index (χ1) is 9.76. The minimum Gasteiger partial charge on any atom is -0.371 e. The molecule has 0 saturated carbocycles. The summed E-state index contributed by atoms with van der Waals surface area (Å²) >= 11 is 0. The van der Waals surface area contributed by atoms with E-state index in [-0.39, 0.29) is 0 Å². The van der Waals surface area contributed by atoms with Crippen molar-refractivity contribution in [3.8, 4) is 0 Å². The third-order valence-corrected chi connectivity index (χ3v) is 4.02. The van der Waals surface area contributed by atoms with Crippen LogP contribution in [0.5, 0.6) is 0 Å². The summed E-state index contributed by atoms with van der Waals surface area (Å²) < 4.78 is 0. The van der Waals surface area contributed by atoms with Gasteiger partial charge in [-0.3, -0.25) is 0 Å². The van der Waals surface area contributed by atoms with Crippen LogP contribution in [0.1, 0.15) is 33.1 Å². The molecule has 0 spiro atoms. The van der Waals surface area contributed by atoms with Crippen LogP contribution < -0.4 is 10.6 Å². The first-order valence-electron chi connectivity index (χ1n) is 7.74. The predicted octanol–water partition coefficient (Wildman–Crippen LogP) is 4.18. The second-order valence-electron chi connectivity index (χ2n) is 5.39. The second-order valence-corrected chi connectivity index (χ2v) is 5.39. The number of fused-ring (bicyclic) bond motifs is 1. The van der Waals surface area contributed by atoms with Gasteiger partial charge in [-0.05, 0) is 37.6 Å². The molecular weight excluding hydrogens is 244 g/mol. The SMILES string of the molecule is CCC(N)CCCN(CC)c1cccc2ccccc12. The molecule has 2 aromatic carbocycles. The Morgan fingerprint density at radius 3 is 2.55 bits per heavy atom. The Morgan fingerprint density at radius 2 is 1.80 bits per heavy atom. The minimum atomic E-state index is 0.348. The van der Waals surface area contributed by atoms with Crippen LogP contribution in [0, 0.1) is 0 Å². The van der Waals surface area contributed by atoms with Crippen molar-refractivity contribution in [2.75, 3.05) is 18.0 Å². The van der Waals surface area contributed by atoms with Crippen molar-refractivity contribution in [3.05, 3.63) is 42.5 Å². The van der Waals surface area contributed by atoms with Crippen LogP contribution in [0.15, 0.2) is 42.5 Å². The van der Waals surface area contributed by atoms with Crippen molar-refractivity contribution in [3.63, 3.8) is 0 Å². The molecule has 0 saturated heterocycles. The summed E-state index contributed by atoms with van der Waals surface area (Å²) in [6.07, 6.45) is 3.34. The molecule has 0 amide bonds. The van der Waals surface area contributed by atoms with Crippen LogP contribution >= 0.6 is 0 Å². The third-order valence-electron chi connectivity index (χ3n) is 4.02. The lowest BCUT2D eigenvalue weighted by Crippen LogP contribution is -2.26. The number of hydrogen-bond acceptors (Lipinski definition) is 2. The van der Waals surface area contributed by atoms with E-state index in [1.807, 2.05) is 0 Å². The molecule has 20 heavy (non-hydrogen) atoms. The molecule has 2 aromatic rings. The predicted molar refractivity (Wildman–Crippen MR) is 89.3 cm³/mol. The fourth-order valence-corrected chi connectivity index (χ4v) is 2.68. The first-order valence-corrected chi connectivity index (χ1v) is 7.74. The highest BCUT2D eigenvalue weighted by Gasteiger charge is 2.08. The average molecular weight is 270 g/mol. The Morgan fingerprint density at radius 1 is 1.05 bits per heavy atom. The van der Waals surface area contributed by atoms with Gasteiger partial charge in [0, 0.05) is 30.2 Å². The number of hydrogen-bond donors (Lipinski definition) is 1. The van der Waals surface area contributed by atoms with Crippen LogP contribution in [-0.4, -0.2) is 19.1 Å². The van der Waals surface area contributed by atoms with Crippen LogP contribution in [0.2, 0.25) is 0 Å². The lowest BCUT2D eigenvalue weighted by molar-refractivity contribution is 0.563. The molecule has 108 valence electrons. The van der Waals surface area contributed by atoms with Crippen LogP contribution in [0.4, 0.5) is 5.69 Å². The lowest BCUT2D eigenvalue weighted by Gasteiger charge is -2.25. The molecule has 1 unspecified atom stereocenters. The fraction of sp³-hybridized carbons (Fsp3) is 0.444. The second kappa shape index (κ2) is 7.30. The molecule has 0 bridgehead atoms. The molecule has 0 aliphatic heterocycles. The monoisotopic (exact) mass is 270 g/mol. The van der Waals surface area contributed by atoms with Crippen LogP contribution in [-0.2, 0) is 0 Å². The molecular formula is C18H26N2. The number of rotatable bonds is 7. The van der Waals surface area contributed by atoms with Gasteiger partial charge in [0.25, 0.3) is 0 Å². The largest absolute Gasteiger partial charge is 0.371 e. The molecule has 0 radical (unpaired) electrons. The molecule has 2 N–H and O–H groups in total. The van der Waals surface area contributed by atoms with Gasteiger partial charge in [-0.2, -0.15) is 0 Å². The van der Waals surface area contributed by atoms with Crippen molar-refractivity contribution in [2.45, 2.75) is 39.2 Å². The molecule has 0 heterocycles. The van der Waals surface area contributed by atoms with E-state index in [4.69, 9.17) is 5.73 Å². The Hall–Kier alpha value is -1.54. The zero-order chi connectivity index (χ0) is 14.4. The van der Waals surface area contributed by atoms with Crippen molar-refractivity contribution >= 4 is 16.5 Å². The molecule has 0 aliphatic carbocycles. The normalized spacial score (nSPS) is 12.6. The molecule has 2 rings (SSSR count). The first kappa shape index (κ1) is 14.9. The van der Waals surface area contributed by atoms with E-state index < -0.39 is 0 Å². The fourth-order valence-electron chi connectivity index (χ4n) is 2.68. The summed E-state index contributed by atoms with van der Waals surface area (Å²) in [5.74, 6) is 0. The zero-order valence-corrected chi connectivity index (χ0v) is 12.7. The molecule has 2 nitrogen and oxygen atoms in total. The van der Waals surface area contributed by atoms with E-state index in [2.05, 4.69) is 61.2 Å². The summed E-state index contributed by atoms with van der Waals surface area (Å²) in [7, 11) is 0. The van der Waals surface area contributed by atoms with Crippen molar-refractivity contribution in [2.24, 2.45) is 5.73 Å². The summed E-state index contributed by atoms with van der Waals surface area (Å²) in [5, 5.41) is 2.66. The number of benzene rings is 2. The van der Waals surface area contributed by atoms with Gasteiger partial charge >= 0.3 is 0 Å². The van der Waals surface area contributed by atoms with Crippen LogP contribution in [0.25, 0.3) is 10.8 Å². The van der Waals surface area contributed by atoms with Gasteiger partial charge in [-0.1, -0.05) is 43.3 Å². The highest BCUT2D eigenvalue weighted by Crippen LogP contribution is 2.26. The third kappa shape index (κ3) is 3.51. The highest BCUT2D eigenvalue weighted by atomic mass is 15.1. The van der Waals surface area contributed by atoms with Gasteiger partial charge in [0.05, 0.1) is 0 Å². The van der Waals surface area contributed by atoms with E-state index in [1.54, 1.807) is 0 Å². The topological polar surface area (TPSA) is 29.3 Å². The summed E-state index contributed by atoms with van der Waals surface area (Å²) in [6.45, 7) is 6.50. The Balaban J connectivity index is 2.13. The molecule has 1 atom stereocenters. The maximum Gasteiger partial charge on any atom is 0.0445 e. The summed E-state index contributed by atoms with van der Waals surface area (Å²) in [4.78, 5) is 2.46. The van der Waals surface area contributed by atoms with E-state index >= 15 is 0 Å². The van der Waals surface area contributed by atoms with E-state index in [9.17, 15) is 0 Å². The van der Waals surface area contributed by atoms with Crippen molar-refractivity contribution in [1.82, 2.24) is 0 Å². The number of nitrogens with two attached hydrogens (primary N) is 1. The van der Waals surface area contributed by atoms with Crippen LogP contribution in [0.3, 0.4) is 0 Å². The summed E-state index contributed by atoms with van der Waals surface area (Å²) in [6, 6.07) is 15.5. The Kier molecular flexibility index (Phi) is 5.42. The van der Waals surface area contributed by atoms with Gasteiger partial charge in [0.15, 0.2) is 0 Å². The average Bonchev–Trinajstić information content (AvgIpc) is 2.51. The van der Waals surface area contributed by atoms with Gasteiger partial charge in [0.2, 0.25) is 0 Å². The summed E-state index contributed by atoms with van der Waals surface area (Å²) in [5.41, 5.74) is 7.35. The van der Waals surface area contributed by atoms with Gasteiger partial charge in [0.1, 0.15) is 0 Å². The molecule has 2 heteroatoms. The van der Waals surface area contributed by atoms with Crippen molar-refractivity contribution < 1.29 is 0 Å². The van der Waals surface area contributed by atoms with E-state index in [0.717, 1.165) is 32.4 Å². The van der Waals surface area contributed by atoms with E-state index in [1.165, 1.54) is 16.5 Å². The number of anilines is 1. The van der Waals surface area contributed by atoms with Gasteiger partial charge in [-0.25, -0.2) is 0 Å². The lowest BCUT2D eigenvalue weighted by atomic mass is 10.1. The zero-order valence-electron chi connectivity index (χ0n) is 12.7. The molecule has 0 aromatic heterocycles. The smallest absolute Gasteiger partial charge is 0.0445 e. The maximum absolute atomic E-state index is 6.01. The van der Waals surface area contributed by atoms with Gasteiger partial charge in [-0.15, -0.1) is 0 Å². The van der Waals surface area contributed by atoms with Crippen molar-refractivity contribution in [1.29, 1.82) is 0 Å². The Labute approximate surface area is 122 Å². The van der Waals surface area contributed by atoms with Gasteiger partial charge < -0.3 is 10.6 Å². The standard InChI is InChI=1S/C18H26N2/c1-3-16(19)11-8-14-20(4-2)18-13-7-10-15-9-5-6-12-17(15)18/h5-7,9-10,12-13,16H,3-4,8,11,14,19H2,1-2H3. The Bertz CT molecular complexity index is 530. The minimum absolute atomic E-state index is 0.348. The quantitative estimate of drug-likeness (QED) is 0.817. The maximum atomic E-state index is 6.01. The molecule has 0 aliphatic rings.